The van der Waals surface area contributed by atoms with Crippen LogP contribution in [-0.4, -0.2) is 70.7 Å². The third-order valence-corrected chi connectivity index (χ3v) is 5.45. The minimum absolute atomic E-state index is 0.0261. The lowest BCUT2D eigenvalue weighted by Gasteiger charge is -2.25. The Morgan fingerprint density at radius 3 is 1.81 bits per heavy atom. The standard InChI is InChI=1S/C20H38N4O5S2/c1-11(2)8-13(21)17(25)22-14(6-7-31-5)18(26)24-16(10-30)19(27)23-15(20(28)29)9-12(3)4/h11-16,30H,6-10,21H2,1-5H3,(H,22,25)(H,23,27)(H,24,26)(H,28,29). The van der Waals surface area contributed by atoms with Gasteiger partial charge in [-0.15, -0.1) is 0 Å². The zero-order chi connectivity index (χ0) is 24.1. The fourth-order valence-electron chi connectivity index (χ4n) is 2.83. The monoisotopic (exact) mass is 478 g/mol. The first-order valence-electron chi connectivity index (χ1n) is 10.4. The summed E-state index contributed by atoms with van der Waals surface area (Å²) in [5.41, 5.74) is 5.91. The third-order valence-electron chi connectivity index (χ3n) is 4.44. The molecular formula is C20H38N4O5S2. The van der Waals surface area contributed by atoms with Gasteiger partial charge >= 0.3 is 5.97 Å². The molecule has 0 heterocycles. The average Bonchev–Trinajstić information content (AvgIpc) is 2.67. The SMILES string of the molecule is CSCCC(NC(=O)C(N)CC(C)C)C(=O)NC(CS)C(=O)NC(CC(C)C)C(=O)O. The van der Waals surface area contributed by atoms with E-state index in [1.165, 1.54) is 11.8 Å². The predicted octanol–water partition coefficient (Wildman–Crippen LogP) is 0.628. The number of thioether (sulfide) groups is 1. The molecule has 0 aliphatic rings. The molecule has 4 unspecified atom stereocenters. The molecule has 0 radical (unpaired) electrons. The summed E-state index contributed by atoms with van der Waals surface area (Å²) >= 11 is 5.64. The smallest absolute Gasteiger partial charge is 0.326 e. The van der Waals surface area contributed by atoms with E-state index in [0.717, 1.165) is 0 Å². The molecule has 31 heavy (non-hydrogen) atoms. The van der Waals surface area contributed by atoms with Gasteiger partial charge in [-0.3, -0.25) is 14.4 Å². The number of thiol groups is 1. The molecule has 3 amide bonds. The Morgan fingerprint density at radius 1 is 0.871 bits per heavy atom. The van der Waals surface area contributed by atoms with Gasteiger partial charge in [0.2, 0.25) is 17.7 Å². The maximum absolute atomic E-state index is 12.8. The van der Waals surface area contributed by atoms with Gasteiger partial charge in [-0.05, 0) is 43.1 Å². The number of nitrogens with one attached hydrogen (secondary N) is 3. The summed E-state index contributed by atoms with van der Waals surface area (Å²) in [6.07, 6.45) is 2.98. The Morgan fingerprint density at radius 2 is 1.35 bits per heavy atom. The van der Waals surface area contributed by atoms with Gasteiger partial charge in [0, 0.05) is 5.75 Å². The van der Waals surface area contributed by atoms with Crippen LogP contribution in [0.25, 0.3) is 0 Å². The number of carbonyl (C=O) groups excluding carboxylic acids is 3. The number of carbonyl (C=O) groups is 4. The highest BCUT2D eigenvalue weighted by molar-refractivity contribution is 7.98. The van der Waals surface area contributed by atoms with Crippen LogP contribution in [0.2, 0.25) is 0 Å². The van der Waals surface area contributed by atoms with Gasteiger partial charge in [-0.1, -0.05) is 27.7 Å². The Labute approximate surface area is 194 Å². The van der Waals surface area contributed by atoms with E-state index in [9.17, 15) is 24.3 Å². The van der Waals surface area contributed by atoms with Crippen LogP contribution >= 0.6 is 24.4 Å². The van der Waals surface area contributed by atoms with Crippen molar-refractivity contribution < 1.29 is 24.3 Å². The Hall–Kier alpha value is -1.46. The summed E-state index contributed by atoms with van der Waals surface area (Å²) in [6, 6.07) is -3.70. The predicted molar refractivity (Wildman–Crippen MR) is 127 cm³/mol. The fraction of sp³-hybridized carbons (Fsp3) is 0.800. The Bertz CT molecular complexity index is 604. The molecule has 0 rings (SSSR count). The van der Waals surface area contributed by atoms with Crippen molar-refractivity contribution in [3.63, 3.8) is 0 Å². The van der Waals surface area contributed by atoms with Crippen molar-refractivity contribution in [3.8, 4) is 0 Å². The highest BCUT2D eigenvalue weighted by atomic mass is 32.2. The molecule has 9 nitrogen and oxygen atoms in total. The van der Waals surface area contributed by atoms with Crippen molar-refractivity contribution >= 4 is 48.1 Å². The number of aliphatic carboxylic acids is 1. The highest BCUT2D eigenvalue weighted by Crippen LogP contribution is 2.08. The van der Waals surface area contributed by atoms with Gasteiger partial charge in [-0.25, -0.2) is 4.79 Å². The number of carboxylic acid groups (broad SMARTS) is 1. The maximum Gasteiger partial charge on any atom is 0.326 e. The van der Waals surface area contributed by atoms with Crippen LogP contribution in [0.3, 0.4) is 0 Å². The van der Waals surface area contributed by atoms with Crippen molar-refractivity contribution in [1.29, 1.82) is 0 Å². The molecule has 6 N–H and O–H groups in total. The minimum atomic E-state index is -1.14. The molecule has 0 saturated carbocycles. The van der Waals surface area contributed by atoms with E-state index in [4.69, 9.17) is 5.73 Å². The fourth-order valence-corrected chi connectivity index (χ4v) is 3.56. The normalized spacial score (nSPS) is 15.1. The van der Waals surface area contributed by atoms with Crippen molar-refractivity contribution in [2.24, 2.45) is 17.6 Å². The summed E-state index contributed by atoms with van der Waals surface area (Å²) in [6.45, 7) is 7.60. The second-order valence-electron chi connectivity index (χ2n) is 8.35. The molecule has 0 aliphatic heterocycles. The second-order valence-corrected chi connectivity index (χ2v) is 9.70. The van der Waals surface area contributed by atoms with Crippen LogP contribution in [0.1, 0.15) is 47.0 Å². The minimum Gasteiger partial charge on any atom is -0.480 e. The average molecular weight is 479 g/mol. The summed E-state index contributed by atoms with van der Waals surface area (Å²) in [5.74, 6) is -1.87. The molecule has 0 spiro atoms. The molecule has 180 valence electrons. The number of nitrogens with two attached hydrogens (primary N) is 1. The molecule has 0 aromatic rings. The molecule has 4 atom stereocenters. The number of hydrogen-bond acceptors (Lipinski definition) is 7. The molecule has 0 aromatic heterocycles. The summed E-state index contributed by atoms with van der Waals surface area (Å²) in [7, 11) is 0. The van der Waals surface area contributed by atoms with Crippen LogP contribution in [0.5, 0.6) is 0 Å². The molecule has 0 fully saturated rings. The van der Waals surface area contributed by atoms with E-state index in [1.807, 2.05) is 34.0 Å². The molecule has 0 aliphatic carbocycles. The Balaban J connectivity index is 5.18. The largest absolute Gasteiger partial charge is 0.480 e. The van der Waals surface area contributed by atoms with Crippen LogP contribution < -0.4 is 21.7 Å². The molecule has 0 saturated heterocycles. The lowest BCUT2D eigenvalue weighted by Crippen LogP contribution is -2.57. The van der Waals surface area contributed by atoms with Crippen LogP contribution in [-0.2, 0) is 19.2 Å². The third kappa shape index (κ3) is 12.2. The van der Waals surface area contributed by atoms with Gasteiger partial charge in [0.15, 0.2) is 0 Å². The van der Waals surface area contributed by atoms with Gasteiger partial charge in [0.05, 0.1) is 6.04 Å². The topological polar surface area (TPSA) is 151 Å². The molecule has 11 heteroatoms. The first-order chi connectivity index (χ1) is 14.4. The summed E-state index contributed by atoms with van der Waals surface area (Å²) < 4.78 is 0. The summed E-state index contributed by atoms with van der Waals surface area (Å²) in [4.78, 5) is 49.1. The van der Waals surface area contributed by atoms with Gasteiger partial charge < -0.3 is 26.8 Å². The van der Waals surface area contributed by atoms with Crippen LogP contribution in [0.15, 0.2) is 0 Å². The summed E-state index contributed by atoms with van der Waals surface area (Å²) in [5, 5.41) is 17.0. The van der Waals surface area contributed by atoms with Gasteiger partial charge in [-0.2, -0.15) is 24.4 Å². The molecule has 0 aromatic carbocycles. The Kier molecular flexibility index (Phi) is 14.6. The van der Waals surface area contributed by atoms with E-state index >= 15 is 0 Å². The van der Waals surface area contributed by atoms with E-state index < -0.39 is 47.9 Å². The maximum atomic E-state index is 12.8. The van der Waals surface area contributed by atoms with E-state index in [-0.39, 0.29) is 24.0 Å². The van der Waals surface area contributed by atoms with Crippen LogP contribution in [0.4, 0.5) is 0 Å². The van der Waals surface area contributed by atoms with Crippen molar-refractivity contribution in [2.45, 2.75) is 71.1 Å². The number of carboxylic acids is 1. The number of hydrogen-bond donors (Lipinski definition) is 6. The lowest BCUT2D eigenvalue weighted by molar-refractivity contribution is -0.142. The second kappa shape index (κ2) is 15.4. The zero-order valence-electron chi connectivity index (χ0n) is 19.0. The van der Waals surface area contributed by atoms with Crippen molar-refractivity contribution in [3.05, 3.63) is 0 Å². The lowest BCUT2D eigenvalue weighted by atomic mass is 10.0. The zero-order valence-corrected chi connectivity index (χ0v) is 20.7. The number of amides is 3. The highest BCUT2D eigenvalue weighted by Gasteiger charge is 2.29. The quantitative estimate of drug-likeness (QED) is 0.189. The number of rotatable bonds is 15. The van der Waals surface area contributed by atoms with Crippen LogP contribution in [0, 0.1) is 11.8 Å². The van der Waals surface area contributed by atoms with Crippen molar-refractivity contribution in [1.82, 2.24) is 16.0 Å². The van der Waals surface area contributed by atoms with E-state index in [0.29, 0.717) is 18.6 Å². The van der Waals surface area contributed by atoms with E-state index in [2.05, 4.69) is 28.6 Å². The van der Waals surface area contributed by atoms with E-state index in [1.54, 1.807) is 0 Å². The van der Waals surface area contributed by atoms with Crippen molar-refractivity contribution in [2.75, 3.05) is 17.8 Å². The van der Waals surface area contributed by atoms with Gasteiger partial charge in [0.1, 0.15) is 18.1 Å². The first-order valence-corrected chi connectivity index (χ1v) is 12.4. The first kappa shape index (κ1) is 29.5. The van der Waals surface area contributed by atoms with Gasteiger partial charge in [0.25, 0.3) is 0 Å². The molecule has 0 bridgehead atoms. The molecular weight excluding hydrogens is 440 g/mol.